The van der Waals surface area contributed by atoms with Gasteiger partial charge in [0, 0.05) is 30.2 Å². The van der Waals surface area contributed by atoms with Gasteiger partial charge in [-0.2, -0.15) is 5.10 Å². The number of carboxylic acid groups (broad SMARTS) is 1. The average Bonchev–Trinajstić information content (AvgIpc) is 3.15. The van der Waals surface area contributed by atoms with E-state index in [4.69, 9.17) is 0 Å². The Bertz CT molecular complexity index is 751. The number of halogens is 1. The molecule has 0 unspecified atom stereocenters. The number of benzene rings is 1. The molecule has 1 heterocycles. The van der Waals surface area contributed by atoms with E-state index < -0.39 is 29.7 Å². The van der Waals surface area contributed by atoms with Crippen molar-refractivity contribution in [1.82, 2.24) is 15.1 Å². The van der Waals surface area contributed by atoms with E-state index in [0.29, 0.717) is 17.7 Å². The number of hydrogen-bond donors (Lipinski definition) is 1. The van der Waals surface area contributed by atoms with Crippen molar-refractivity contribution in [3.8, 4) is 5.69 Å². The van der Waals surface area contributed by atoms with Crippen LogP contribution in [0.3, 0.4) is 0 Å². The second kappa shape index (κ2) is 7.46. The second-order valence-electron chi connectivity index (χ2n) is 5.66. The zero-order valence-electron chi connectivity index (χ0n) is 13.4. The van der Waals surface area contributed by atoms with E-state index in [0.717, 1.165) is 0 Å². The van der Waals surface area contributed by atoms with Gasteiger partial charge in [-0.05, 0) is 37.1 Å². The summed E-state index contributed by atoms with van der Waals surface area (Å²) in [6.07, 6.45) is 3.49. The number of carboxylic acids is 1. The fourth-order valence-electron chi connectivity index (χ4n) is 2.54. The van der Waals surface area contributed by atoms with Gasteiger partial charge in [0.25, 0.3) is 0 Å². The van der Waals surface area contributed by atoms with Crippen LogP contribution >= 0.6 is 0 Å². The third kappa shape index (κ3) is 3.85. The van der Waals surface area contributed by atoms with Crippen LogP contribution in [0.4, 0.5) is 4.39 Å². The van der Waals surface area contributed by atoms with E-state index in [1.54, 1.807) is 37.5 Å². The largest absolute Gasteiger partial charge is 1.00 e. The van der Waals surface area contributed by atoms with Gasteiger partial charge >= 0.3 is 29.6 Å². The molecule has 1 aliphatic carbocycles. The number of carbonyl (C=O) groups is 2. The number of aliphatic carboxylic acids is 1. The molecule has 24 heavy (non-hydrogen) atoms. The molecule has 1 aromatic carbocycles. The zero-order valence-corrected chi connectivity index (χ0v) is 15.4. The molecular formula is C16H15FN3NaO3. The molecule has 1 aromatic heterocycles. The Morgan fingerprint density at radius 1 is 1.42 bits per heavy atom. The summed E-state index contributed by atoms with van der Waals surface area (Å²) in [7, 11) is 0. The van der Waals surface area contributed by atoms with Gasteiger partial charge in [0.15, 0.2) is 0 Å². The minimum Gasteiger partial charge on any atom is -0.550 e. The minimum atomic E-state index is -1.20. The van der Waals surface area contributed by atoms with Gasteiger partial charge in [0.2, 0.25) is 5.91 Å². The number of nitrogens with zero attached hydrogens (tertiary/aromatic N) is 2. The van der Waals surface area contributed by atoms with Crippen molar-refractivity contribution < 1.29 is 48.6 Å². The fourth-order valence-corrected chi connectivity index (χ4v) is 2.54. The van der Waals surface area contributed by atoms with Gasteiger partial charge in [-0.15, -0.1) is 0 Å². The number of carbonyl (C=O) groups excluding carboxylic acids is 2. The Labute approximate surface area is 160 Å². The van der Waals surface area contributed by atoms with E-state index in [1.807, 2.05) is 0 Å². The summed E-state index contributed by atoms with van der Waals surface area (Å²) in [6.45, 7) is 1.72. The fraction of sp³-hybridized carbons (Fsp3) is 0.312. The van der Waals surface area contributed by atoms with E-state index in [-0.39, 0.29) is 35.5 Å². The minimum absolute atomic E-state index is 0. The van der Waals surface area contributed by atoms with Gasteiger partial charge in [-0.3, -0.25) is 4.79 Å². The number of aromatic nitrogens is 2. The smallest absolute Gasteiger partial charge is 0.550 e. The molecule has 0 bridgehead atoms. The molecule has 0 spiro atoms. The van der Waals surface area contributed by atoms with Gasteiger partial charge in [0.1, 0.15) is 11.5 Å². The monoisotopic (exact) mass is 339 g/mol. The summed E-state index contributed by atoms with van der Waals surface area (Å²) < 4.78 is 15.6. The third-order valence-corrected chi connectivity index (χ3v) is 4.01. The van der Waals surface area contributed by atoms with Crippen LogP contribution < -0.4 is 40.0 Å². The van der Waals surface area contributed by atoms with Gasteiger partial charge < -0.3 is 15.2 Å². The molecule has 0 saturated heterocycles. The van der Waals surface area contributed by atoms with Crippen LogP contribution in [0.25, 0.3) is 5.69 Å². The van der Waals surface area contributed by atoms with Crippen molar-refractivity contribution in [2.45, 2.75) is 19.4 Å². The summed E-state index contributed by atoms with van der Waals surface area (Å²) in [5, 5.41) is 17.4. The van der Waals surface area contributed by atoms with Crippen LogP contribution in [0, 0.1) is 17.7 Å². The van der Waals surface area contributed by atoms with Crippen LogP contribution in [0.2, 0.25) is 0 Å². The molecule has 1 saturated carbocycles. The van der Waals surface area contributed by atoms with Crippen LogP contribution in [0.5, 0.6) is 0 Å². The Morgan fingerprint density at radius 2 is 2.17 bits per heavy atom. The SMILES string of the molecule is C[C@@H](NC(=O)[C@@H]1C[C@@H]1C(=O)[O-])c1ccc(-n2cccn2)c(F)c1.[Na+]. The number of amides is 1. The third-order valence-electron chi connectivity index (χ3n) is 4.01. The Kier molecular flexibility index (Phi) is 5.79. The first-order chi connectivity index (χ1) is 11.0. The predicted octanol–water partition coefficient (Wildman–Crippen LogP) is -2.42. The molecule has 8 heteroatoms. The Hall–Kier alpha value is -1.70. The average molecular weight is 339 g/mol. The molecule has 1 amide bonds. The number of hydrogen-bond acceptors (Lipinski definition) is 4. The summed E-state index contributed by atoms with van der Waals surface area (Å²) in [5.41, 5.74) is 0.911. The summed E-state index contributed by atoms with van der Waals surface area (Å²) in [4.78, 5) is 22.6. The number of nitrogens with one attached hydrogen (secondary N) is 1. The zero-order chi connectivity index (χ0) is 16.6. The maximum Gasteiger partial charge on any atom is 1.00 e. The number of rotatable bonds is 5. The molecule has 6 nitrogen and oxygen atoms in total. The molecule has 0 aliphatic heterocycles. The topological polar surface area (TPSA) is 87.0 Å². The normalized spacial score (nSPS) is 19.9. The first-order valence-electron chi connectivity index (χ1n) is 7.28. The quantitative estimate of drug-likeness (QED) is 0.614. The molecular weight excluding hydrogens is 324 g/mol. The summed E-state index contributed by atoms with van der Waals surface area (Å²) >= 11 is 0. The maximum absolute atomic E-state index is 14.2. The molecule has 120 valence electrons. The maximum atomic E-state index is 14.2. The summed E-state index contributed by atoms with van der Waals surface area (Å²) in [6, 6.07) is 5.90. The van der Waals surface area contributed by atoms with Crippen molar-refractivity contribution in [1.29, 1.82) is 0 Å². The van der Waals surface area contributed by atoms with E-state index >= 15 is 0 Å². The first kappa shape index (κ1) is 18.6. The van der Waals surface area contributed by atoms with E-state index in [9.17, 15) is 19.1 Å². The van der Waals surface area contributed by atoms with Crippen LogP contribution in [-0.4, -0.2) is 21.7 Å². The standard InChI is InChI=1S/C16H16FN3O3.Na/c1-9(19-15(21)11-8-12(11)16(22)23)10-3-4-14(13(17)7-10)20-6-2-5-18-20;/h2-7,9,11-12H,8H2,1H3,(H,19,21)(H,22,23);/q;+1/p-1/t9-,11-,12+;/m1./s1. The Morgan fingerprint density at radius 3 is 2.71 bits per heavy atom. The van der Waals surface area contributed by atoms with Crippen LogP contribution in [0.15, 0.2) is 36.7 Å². The van der Waals surface area contributed by atoms with Crippen molar-refractivity contribution in [3.63, 3.8) is 0 Å². The molecule has 1 aliphatic rings. The molecule has 3 rings (SSSR count). The van der Waals surface area contributed by atoms with Crippen molar-refractivity contribution in [2.75, 3.05) is 0 Å². The molecule has 1 fully saturated rings. The van der Waals surface area contributed by atoms with Gasteiger partial charge in [0.05, 0.1) is 6.04 Å². The van der Waals surface area contributed by atoms with Crippen LogP contribution in [-0.2, 0) is 9.59 Å². The van der Waals surface area contributed by atoms with E-state index in [2.05, 4.69) is 10.4 Å². The molecule has 3 atom stereocenters. The molecule has 1 N–H and O–H groups in total. The van der Waals surface area contributed by atoms with Gasteiger partial charge in [-0.1, -0.05) is 6.07 Å². The van der Waals surface area contributed by atoms with Crippen LogP contribution in [0.1, 0.15) is 24.9 Å². The predicted molar refractivity (Wildman–Crippen MR) is 76.7 cm³/mol. The van der Waals surface area contributed by atoms with Crippen molar-refractivity contribution in [3.05, 3.63) is 48.0 Å². The first-order valence-corrected chi connectivity index (χ1v) is 7.28. The van der Waals surface area contributed by atoms with E-state index in [1.165, 1.54) is 10.7 Å². The summed E-state index contributed by atoms with van der Waals surface area (Å²) in [5.74, 6) is -3.25. The van der Waals surface area contributed by atoms with Gasteiger partial charge in [-0.25, -0.2) is 9.07 Å². The molecule has 0 radical (unpaired) electrons. The Balaban J connectivity index is 0.00000208. The molecule has 2 aromatic rings. The van der Waals surface area contributed by atoms with Crippen molar-refractivity contribution in [2.24, 2.45) is 11.8 Å². The van der Waals surface area contributed by atoms with Crippen molar-refractivity contribution >= 4 is 11.9 Å². The second-order valence-corrected chi connectivity index (χ2v) is 5.66.